The van der Waals surface area contributed by atoms with Crippen LogP contribution in [0.4, 0.5) is 26.3 Å². The SMILES string of the molecule is CC(C)N1CCC(O)([C@@H]2CCO[C@H](O[C@H](C)c3cc(C(F)(F)F)cc(C(F)(F)F)c3)[C@H]2c2ccccc2)CC1. The molecule has 0 saturated carbocycles. The van der Waals surface area contributed by atoms with Crippen LogP contribution in [0.15, 0.2) is 48.5 Å². The first-order valence-corrected chi connectivity index (χ1v) is 13.3. The van der Waals surface area contributed by atoms with Gasteiger partial charge in [-0.1, -0.05) is 30.3 Å². The standard InChI is InChI=1S/C29H35F6NO3/c1-18(2)36-12-10-27(37,11-13-36)24-9-14-38-26(25(24)20-7-5-4-6-8-20)39-19(3)21-15-22(28(30,31)32)17-23(16-21)29(33,34)35/h4-8,15-19,24-26,37H,9-14H2,1-3H3/t19-,24-,25+,26-/m1/s1. The molecule has 0 spiro atoms. The second-order valence-electron chi connectivity index (χ2n) is 10.9. The fourth-order valence-electron chi connectivity index (χ4n) is 5.87. The molecule has 0 aromatic heterocycles. The maximum atomic E-state index is 13.5. The Morgan fingerprint density at radius 2 is 1.49 bits per heavy atom. The molecule has 2 fully saturated rings. The largest absolute Gasteiger partial charge is 0.416 e. The van der Waals surface area contributed by atoms with Crippen molar-refractivity contribution in [2.24, 2.45) is 5.92 Å². The Labute approximate surface area is 224 Å². The van der Waals surface area contributed by atoms with Crippen LogP contribution in [0, 0.1) is 5.92 Å². The third kappa shape index (κ3) is 6.78. The van der Waals surface area contributed by atoms with E-state index in [0.717, 1.165) is 18.7 Å². The molecule has 0 radical (unpaired) electrons. The molecule has 2 aromatic rings. The third-order valence-corrected chi connectivity index (χ3v) is 8.12. The molecule has 0 aliphatic carbocycles. The van der Waals surface area contributed by atoms with Crippen LogP contribution in [0.2, 0.25) is 0 Å². The van der Waals surface area contributed by atoms with Gasteiger partial charge in [0.05, 0.1) is 29.4 Å². The summed E-state index contributed by atoms with van der Waals surface area (Å²) in [6.45, 7) is 7.32. The zero-order chi connectivity index (χ0) is 28.6. The summed E-state index contributed by atoms with van der Waals surface area (Å²) in [4.78, 5) is 2.30. The Morgan fingerprint density at radius 3 is 2.00 bits per heavy atom. The van der Waals surface area contributed by atoms with E-state index in [1.165, 1.54) is 6.92 Å². The molecule has 4 nitrogen and oxygen atoms in total. The fraction of sp³-hybridized carbons (Fsp3) is 0.586. The van der Waals surface area contributed by atoms with Crippen LogP contribution in [0.5, 0.6) is 0 Å². The van der Waals surface area contributed by atoms with Crippen LogP contribution >= 0.6 is 0 Å². The predicted molar refractivity (Wildman–Crippen MR) is 134 cm³/mol. The molecule has 4 atom stereocenters. The first-order chi connectivity index (χ1) is 18.2. The van der Waals surface area contributed by atoms with Gasteiger partial charge in [0.1, 0.15) is 0 Å². The monoisotopic (exact) mass is 559 g/mol. The summed E-state index contributed by atoms with van der Waals surface area (Å²) in [7, 11) is 0. The molecule has 0 amide bonds. The van der Waals surface area contributed by atoms with Crippen molar-refractivity contribution in [3.05, 3.63) is 70.8 Å². The molecule has 2 heterocycles. The highest BCUT2D eigenvalue weighted by atomic mass is 19.4. The molecule has 0 unspecified atom stereocenters. The van der Waals surface area contributed by atoms with E-state index in [1.54, 1.807) is 0 Å². The van der Waals surface area contributed by atoms with E-state index in [4.69, 9.17) is 9.47 Å². The lowest BCUT2D eigenvalue weighted by Gasteiger charge is -2.50. The summed E-state index contributed by atoms with van der Waals surface area (Å²) in [5.74, 6) is -0.738. The van der Waals surface area contributed by atoms with E-state index < -0.39 is 47.4 Å². The molecule has 2 aliphatic heterocycles. The minimum absolute atomic E-state index is 0.106. The fourth-order valence-corrected chi connectivity index (χ4v) is 5.87. The van der Waals surface area contributed by atoms with E-state index in [9.17, 15) is 31.4 Å². The van der Waals surface area contributed by atoms with Gasteiger partial charge in [-0.2, -0.15) is 26.3 Å². The minimum Gasteiger partial charge on any atom is -0.389 e. The van der Waals surface area contributed by atoms with E-state index in [-0.39, 0.29) is 24.2 Å². The average molecular weight is 560 g/mol. The predicted octanol–water partition coefficient (Wildman–Crippen LogP) is 7.18. The lowest BCUT2D eigenvalue weighted by Crippen LogP contribution is -2.55. The van der Waals surface area contributed by atoms with Gasteiger partial charge in [0.25, 0.3) is 0 Å². The average Bonchev–Trinajstić information content (AvgIpc) is 2.88. The van der Waals surface area contributed by atoms with E-state index in [1.807, 2.05) is 30.3 Å². The highest BCUT2D eigenvalue weighted by Gasteiger charge is 2.49. The minimum atomic E-state index is -4.96. The highest BCUT2D eigenvalue weighted by Crippen LogP contribution is 2.47. The first-order valence-electron chi connectivity index (χ1n) is 13.3. The van der Waals surface area contributed by atoms with Crippen molar-refractivity contribution >= 4 is 0 Å². The molecule has 2 saturated heterocycles. The number of alkyl halides is 6. The third-order valence-electron chi connectivity index (χ3n) is 8.12. The summed E-state index contributed by atoms with van der Waals surface area (Å²) in [6, 6.07) is 11.1. The number of aliphatic hydroxyl groups is 1. The topological polar surface area (TPSA) is 41.9 Å². The van der Waals surface area contributed by atoms with Crippen molar-refractivity contribution in [2.75, 3.05) is 19.7 Å². The Morgan fingerprint density at radius 1 is 0.923 bits per heavy atom. The van der Waals surface area contributed by atoms with Crippen LogP contribution in [-0.4, -0.2) is 47.6 Å². The molecule has 4 rings (SSSR count). The Bertz CT molecular complexity index is 1060. The Balaban J connectivity index is 1.65. The van der Waals surface area contributed by atoms with Crippen molar-refractivity contribution < 1.29 is 40.9 Å². The van der Waals surface area contributed by atoms with Gasteiger partial charge in [0.2, 0.25) is 0 Å². The number of piperidine rings is 1. The van der Waals surface area contributed by atoms with Gasteiger partial charge in [-0.3, -0.25) is 0 Å². The van der Waals surface area contributed by atoms with Crippen LogP contribution in [0.3, 0.4) is 0 Å². The number of benzene rings is 2. The quantitative estimate of drug-likeness (QED) is 0.381. The smallest absolute Gasteiger partial charge is 0.389 e. The van der Waals surface area contributed by atoms with Gasteiger partial charge >= 0.3 is 12.4 Å². The zero-order valence-electron chi connectivity index (χ0n) is 22.2. The van der Waals surface area contributed by atoms with Crippen LogP contribution in [-0.2, 0) is 21.8 Å². The molecular formula is C29H35F6NO3. The van der Waals surface area contributed by atoms with Gasteiger partial charge in [0, 0.05) is 31.0 Å². The summed E-state index contributed by atoms with van der Waals surface area (Å²) < 4.78 is 92.8. The first kappa shape index (κ1) is 29.8. The van der Waals surface area contributed by atoms with Gasteiger partial charge in [0.15, 0.2) is 6.29 Å². The van der Waals surface area contributed by atoms with Crippen molar-refractivity contribution in [3.63, 3.8) is 0 Å². The summed E-state index contributed by atoms with van der Waals surface area (Å²) in [6.07, 6.45) is -10.4. The number of nitrogens with zero attached hydrogens (tertiary/aromatic N) is 1. The summed E-state index contributed by atoms with van der Waals surface area (Å²) in [5, 5.41) is 11.9. The maximum absolute atomic E-state index is 13.5. The molecule has 10 heteroatoms. The van der Waals surface area contributed by atoms with Gasteiger partial charge in [-0.05, 0) is 69.4 Å². The van der Waals surface area contributed by atoms with Crippen molar-refractivity contribution in [3.8, 4) is 0 Å². The highest BCUT2D eigenvalue weighted by molar-refractivity contribution is 5.35. The van der Waals surface area contributed by atoms with Crippen LogP contribution < -0.4 is 0 Å². The van der Waals surface area contributed by atoms with Crippen molar-refractivity contribution in [2.45, 2.75) is 82.3 Å². The number of halogens is 6. The maximum Gasteiger partial charge on any atom is 0.416 e. The number of hydrogen-bond donors (Lipinski definition) is 1. The van der Waals surface area contributed by atoms with Gasteiger partial charge in [-0.25, -0.2) is 0 Å². The van der Waals surface area contributed by atoms with Crippen LogP contribution in [0.1, 0.15) is 74.3 Å². The van der Waals surface area contributed by atoms with E-state index in [0.29, 0.717) is 37.4 Å². The number of rotatable bonds is 6. The summed E-state index contributed by atoms with van der Waals surface area (Å²) in [5.41, 5.74) is -3.22. The van der Waals surface area contributed by atoms with E-state index in [2.05, 4.69) is 18.7 Å². The Hall–Kier alpha value is -2.14. The normalized spacial score (nSPS) is 25.6. The number of hydrogen-bond acceptors (Lipinski definition) is 4. The number of likely N-dealkylation sites (tertiary alicyclic amines) is 1. The molecule has 39 heavy (non-hydrogen) atoms. The second-order valence-corrected chi connectivity index (χ2v) is 10.9. The molecule has 2 aromatic carbocycles. The summed E-state index contributed by atoms with van der Waals surface area (Å²) >= 11 is 0. The van der Waals surface area contributed by atoms with Crippen molar-refractivity contribution in [1.29, 1.82) is 0 Å². The van der Waals surface area contributed by atoms with Crippen LogP contribution in [0.25, 0.3) is 0 Å². The molecule has 2 aliphatic rings. The molecular weight excluding hydrogens is 524 g/mol. The number of ether oxygens (including phenoxy) is 2. The lowest BCUT2D eigenvalue weighted by atomic mass is 9.68. The lowest BCUT2D eigenvalue weighted by molar-refractivity contribution is -0.232. The van der Waals surface area contributed by atoms with Gasteiger partial charge in [-0.15, -0.1) is 0 Å². The zero-order valence-corrected chi connectivity index (χ0v) is 22.2. The molecule has 0 bridgehead atoms. The van der Waals surface area contributed by atoms with E-state index >= 15 is 0 Å². The molecule has 216 valence electrons. The second kappa shape index (κ2) is 11.4. The Kier molecular flexibility index (Phi) is 8.71. The van der Waals surface area contributed by atoms with Crippen molar-refractivity contribution in [1.82, 2.24) is 4.90 Å². The molecule has 1 N–H and O–H groups in total. The van der Waals surface area contributed by atoms with Gasteiger partial charge < -0.3 is 19.5 Å².